The molecule has 1 aliphatic rings. The number of anilines is 1. The maximum absolute atomic E-state index is 13.6. The number of rotatable bonds is 3. The highest BCUT2D eigenvalue weighted by atomic mass is 16.5. The first-order valence-electron chi connectivity index (χ1n) is 11.8. The summed E-state index contributed by atoms with van der Waals surface area (Å²) in [5, 5.41) is 16.1. The largest absolute Gasteiger partial charge is 0.372 e. The summed E-state index contributed by atoms with van der Waals surface area (Å²) in [6, 6.07) is 8.68. The van der Waals surface area contributed by atoms with Crippen LogP contribution in [0.5, 0.6) is 0 Å². The van der Waals surface area contributed by atoms with Crippen LogP contribution in [0.25, 0.3) is 16.7 Å². The van der Waals surface area contributed by atoms with Gasteiger partial charge in [0.2, 0.25) is 5.95 Å². The Hall–Kier alpha value is -4.40. The van der Waals surface area contributed by atoms with Crippen molar-refractivity contribution in [1.29, 1.82) is 0 Å². The second kappa shape index (κ2) is 9.57. The minimum Gasteiger partial charge on any atom is -0.372 e. The first kappa shape index (κ1) is 24.3. The second-order valence-electron chi connectivity index (χ2n) is 9.13. The Balaban J connectivity index is 1.59. The molecule has 0 aliphatic carbocycles. The van der Waals surface area contributed by atoms with Crippen LogP contribution >= 0.6 is 0 Å². The number of ether oxygens (including phenoxy) is 1. The zero-order valence-corrected chi connectivity index (χ0v) is 20.7. The first-order chi connectivity index (χ1) is 17.7. The van der Waals surface area contributed by atoms with E-state index in [4.69, 9.17) is 10.5 Å². The van der Waals surface area contributed by atoms with Gasteiger partial charge < -0.3 is 20.5 Å². The highest BCUT2D eigenvalue weighted by Gasteiger charge is 2.30. The lowest BCUT2D eigenvalue weighted by Crippen LogP contribution is -2.48. The number of hydrogen-bond acceptors (Lipinski definition) is 9. The number of nitrogens with two attached hydrogens (primary N) is 1. The number of nitrogen functional groups attached to an aromatic ring is 1. The lowest BCUT2D eigenvalue weighted by Gasteiger charge is -2.34. The van der Waals surface area contributed by atoms with Crippen LogP contribution in [-0.2, 0) is 10.3 Å². The molecule has 3 N–H and O–H groups in total. The van der Waals surface area contributed by atoms with E-state index in [9.17, 15) is 9.90 Å². The second-order valence-corrected chi connectivity index (χ2v) is 9.13. The van der Waals surface area contributed by atoms with Crippen LogP contribution in [0.4, 0.5) is 5.95 Å². The molecule has 5 rings (SSSR count). The standard InChI is InChI=1S/C26H26N8O3/c1-16-14-33(15-17(2)37-16)23(35)22-19-6-5-18(7-9-26(3,36)24-28-10-4-11-29-24)13-20(19)34(32-22)21-8-12-30-25(27)31-21/h4-6,8,10-13,16-17,36H,14-15H2,1-3H3,(H2,27,30,31)/t16-,17+,26?. The summed E-state index contributed by atoms with van der Waals surface area (Å²) < 4.78 is 7.34. The smallest absolute Gasteiger partial charge is 0.275 e. The third-order valence-corrected chi connectivity index (χ3v) is 5.92. The number of aliphatic hydroxyl groups is 1. The molecule has 37 heavy (non-hydrogen) atoms. The van der Waals surface area contributed by atoms with E-state index in [0.29, 0.717) is 35.4 Å². The maximum atomic E-state index is 13.6. The van der Waals surface area contributed by atoms with Crippen molar-refractivity contribution in [2.45, 2.75) is 38.6 Å². The topological polar surface area (TPSA) is 145 Å². The van der Waals surface area contributed by atoms with Gasteiger partial charge in [0.1, 0.15) is 0 Å². The fourth-order valence-electron chi connectivity index (χ4n) is 4.30. The van der Waals surface area contributed by atoms with E-state index in [1.54, 1.807) is 52.3 Å². The van der Waals surface area contributed by atoms with Gasteiger partial charge >= 0.3 is 0 Å². The summed E-state index contributed by atoms with van der Waals surface area (Å²) >= 11 is 0. The van der Waals surface area contributed by atoms with Crippen molar-refractivity contribution in [1.82, 2.24) is 34.6 Å². The quantitative estimate of drug-likeness (QED) is 0.403. The summed E-state index contributed by atoms with van der Waals surface area (Å²) in [5.41, 5.74) is 5.76. The highest BCUT2D eigenvalue weighted by molar-refractivity contribution is 6.05. The van der Waals surface area contributed by atoms with Crippen molar-refractivity contribution in [3.05, 3.63) is 66.0 Å². The fourth-order valence-corrected chi connectivity index (χ4v) is 4.30. The number of carbonyl (C=O) groups excluding carboxylic acids is 1. The van der Waals surface area contributed by atoms with Crippen LogP contribution in [0.15, 0.2) is 48.9 Å². The van der Waals surface area contributed by atoms with Crippen LogP contribution in [0, 0.1) is 11.8 Å². The number of fused-ring (bicyclic) bond motifs is 1. The van der Waals surface area contributed by atoms with Crippen LogP contribution < -0.4 is 5.73 Å². The average Bonchev–Trinajstić information content (AvgIpc) is 3.26. The number of aromatic nitrogens is 6. The Morgan fingerprint density at radius 3 is 2.57 bits per heavy atom. The van der Waals surface area contributed by atoms with E-state index in [1.165, 1.54) is 13.1 Å². The Morgan fingerprint density at radius 1 is 1.14 bits per heavy atom. The van der Waals surface area contributed by atoms with Gasteiger partial charge in [-0.25, -0.2) is 19.6 Å². The molecule has 0 spiro atoms. The van der Waals surface area contributed by atoms with Gasteiger partial charge in [0.25, 0.3) is 5.91 Å². The number of carbonyl (C=O) groups is 1. The number of benzene rings is 1. The van der Waals surface area contributed by atoms with Crippen LogP contribution in [-0.4, -0.2) is 70.9 Å². The summed E-state index contributed by atoms with van der Waals surface area (Å²) in [6.07, 6.45) is 4.46. The van der Waals surface area contributed by atoms with Crippen LogP contribution in [0.1, 0.15) is 42.6 Å². The van der Waals surface area contributed by atoms with Gasteiger partial charge in [-0.05, 0) is 45.0 Å². The molecule has 0 radical (unpaired) electrons. The lowest BCUT2D eigenvalue weighted by molar-refractivity contribution is -0.0587. The number of amides is 1. The first-order valence-corrected chi connectivity index (χ1v) is 11.8. The van der Waals surface area contributed by atoms with Crippen LogP contribution in [0.2, 0.25) is 0 Å². The molecule has 1 amide bonds. The molecule has 188 valence electrons. The minimum atomic E-state index is -1.55. The van der Waals surface area contributed by atoms with Crippen molar-refractivity contribution in [2.75, 3.05) is 18.8 Å². The maximum Gasteiger partial charge on any atom is 0.275 e. The molecule has 0 bridgehead atoms. The summed E-state index contributed by atoms with van der Waals surface area (Å²) in [4.78, 5) is 31.8. The number of nitrogens with zero attached hydrogens (tertiary/aromatic N) is 7. The van der Waals surface area contributed by atoms with Crippen molar-refractivity contribution in [3.8, 4) is 17.7 Å². The molecule has 4 heterocycles. The molecular formula is C26H26N8O3. The summed E-state index contributed by atoms with van der Waals surface area (Å²) in [6.45, 7) is 6.35. The van der Waals surface area contributed by atoms with E-state index in [-0.39, 0.29) is 35.6 Å². The Bertz CT molecular complexity index is 1510. The molecule has 1 unspecified atom stereocenters. The van der Waals surface area contributed by atoms with Crippen molar-refractivity contribution in [3.63, 3.8) is 0 Å². The molecule has 0 saturated carbocycles. The van der Waals surface area contributed by atoms with E-state index >= 15 is 0 Å². The summed E-state index contributed by atoms with van der Waals surface area (Å²) in [7, 11) is 0. The molecule has 4 aromatic rings. The molecule has 1 aliphatic heterocycles. The molecule has 11 heteroatoms. The van der Waals surface area contributed by atoms with Gasteiger partial charge in [0.05, 0.1) is 17.7 Å². The van der Waals surface area contributed by atoms with Crippen LogP contribution in [0.3, 0.4) is 0 Å². The Kier molecular flexibility index (Phi) is 6.29. The van der Waals surface area contributed by atoms with E-state index < -0.39 is 5.60 Å². The minimum absolute atomic E-state index is 0.0778. The zero-order valence-electron chi connectivity index (χ0n) is 20.7. The molecule has 3 aromatic heterocycles. The normalized spacial score (nSPS) is 19.2. The third-order valence-electron chi connectivity index (χ3n) is 5.92. The van der Waals surface area contributed by atoms with Gasteiger partial charge in [-0.2, -0.15) is 10.1 Å². The Labute approximate surface area is 213 Å². The molecule has 1 aromatic carbocycles. The summed E-state index contributed by atoms with van der Waals surface area (Å²) in [5.74, 6) is 6.32. The molecule has 1 saturated heterocycles. The van der Waals surface area contributed by atoms with Gasteiger partial charge in [-0.3, -0.25) is 4.79 Å². The average molecular weight is 499 g/mol. The zero-order chi connectivity index (χ0) is 26.2. The number of morpholine rings is 1. The molecule has 3 atom stereocenters. The molecule has 11 nitrogen and oxygen atoms in total. The van der Waals surface area contributed by atoms with Crippen molar-refractivity contribution < 1.29 is 14.6 Å². The van der Waals surface area contributed by atoms with E-state index in [0.717, 1.165) is 0 Å². The monoisotopic (exact) mass is 498 g/mol. The van der Waals surface area contributed by atoms with Gasteiger partial charge in [0, 0.05) is 48.7 Å². The van der Waals surface area contributed by atoms with Gasteiger partial charge in [-0.15, -0.1) is 0 Å². The van der Waals surface area contributed by atoms with Gasteiger partial charge in [-0.1, -0.05) is 11.8 Å². The van der Waals surface area contributed by atoms with E-state index in [1.807, 2.05) is 13.8 Å². The number of hydrogen-bond donors (Lipinski definition) is 2. The predicted octanol–water partition coefficient (Wildman–Crippen LogP) is 1.70. The lowest BCUT2D eigenvalue weighted by atomic mass is 10.1. The molecule has 1 fully saturated rings. The Morgan fingerprint density at radius 2 is 1.86 bits per heavy atom. The van der Waals surface area contributed by atoms with Crippen molar-refractivity contribution in [2.24, 2.45) is 0 Å². The fraction of sp³-hybridized carbons (Fsp3) is 0.308. The molecular weight excluding hydrogens is 472 g/mol. The SMILES string of the molecule is C[C@@H]1CN(C(=O)c2nn(-c3ccnc(N)n3)c3cc(C#CC(C)(O)c4ncccn4)ccc23)C[C@H](C)O1. The third kappa shape index (κ3) is 4.97. The van der Waals surface area contributed by atoms with Crippen molar-refractivity contribution >= 4 is 22.8 Å². The van der Waals surface area contributed by atoms with E-state index in [2.05, 4.69) is 36.9 Å². The highest BCUT2D eigenvalue weighted by Crippen LogP contribution is 2.25. The predicted molar refractivity (Wildman–Crippen MR) is 135 cm³/mol. The van der Waals surface area contributed by atoms with Gasteiger partial charge in [0.15, 0.2) is 22.9 Å².